The highest BCUT2D eigenvalue weighted by atomic mass is 32.2. The first-order valence-electron chi connectivity index (χ1n) is 7.31. The van der Waals surface area contributed by atoms with Gasteiger partial charge in [0.1, 0.15) is 5.69 Å². The predicted molar refractivity (Wildman–Crippen MR) is 88.3 cm³/mol. The summed E-state index contributed by atoms with van der Waals surface area (Å²) in [7, 11) is 0. The van der Waals surface area contributed by atoms with E-state index in [1.165, 1.54) is 6.07 Å². The Kier molecular flexibility index (Phi) is 4.38. The fourth-order valence-electron chi connectivity index (χ4n) is 2.32. The molecule has 1 aliphatic carbocycles. The second-order valence-corrected chi connectivity index (χ2v) is 6.42. The van der Waals surface area contributed by atoms with E-state index >= 15 is 0 Å². The highest BCUT2D eigenvalue weighted by molar-refractivity contribution is 7.99. The molecule has 1 saturated carbocycles. The predicted octanol–water partition coefficient (Wildman–Crippen LogP) is 1.85. The molecule has 1 heterocycles. The van der Waals surface area contributed by atoms with E-state index in [0.29, 0.717) is 10.7 Å². The van der Waals surface area contributed by atoms with E-state index < -0.39 is 10.8 Å². The van der Waals surface area contributed by atoms with Crippen molar-refractivity contribution in [2.75, 3.05) is 11.1 Å². The maximum absolute atomic E-state index is 12.1. The summed E-state index contributed by atoms with van der Waals surface area (Å²) in [5.74, 6) is -0.391. The summed E-state index contributed by atoms with van der Waals surface area (Å²) in [6.07, 6.45) is 1.85. The van der Waals surface area contributed by atoms with Crippen LogP contribution in [0.1, 0.15) is 24.4 Å². The van der Waals surface area contributed by atoms with Gasteiger partial charge in [-0.15, -0.1) is 5.10 Å². The van der Waals surface area contributed by atoms with Crippen LogP contribution in [0.15, 0.2) is 28.2 Å². The van der Waals surface area contributed by atoms with Crippen LogP contribution in [0.25, 0.3) is 0 Å². The van der Waals surface area contributed by atoms with E-state index in [-0.39, 0.29) is 28.9 Å². The molecule has 9 nitrogen and oxygen atoms in total. The Morgan fingerprint density at radius 2 is 2.29 bits per heavy atom. The highest BCUT2D eigenvalue weighted by Crippen LogP contribution is 2.36. The van der Waals surface area contributed by atoms with Crippen molar-refractivity contribution >= 4 is 29.0 Å². The first-order valence-corrected chi connectivity index (χ1v) is 8.29. The van der Waals surface area contributed by atoms with E-state index in [0.717, 1.165) is 24.6 Å². The minimum absolute atomic E-state index is 0.00248. The molecule has 24 heavy (non-hydrogen) atoms. The van der Waals surface area contributed by atoms with Gasteiger partial charge < -0.3 is 5.32 Å². The fraction of sp³-hybridized carbons (Fsp3) is 0.357. The minimum atomic E-state index is -0.534. The Hall–Kier alpha value is -2.62. The Morgan fingerprint density at radius 3 is 2.96 bits per heavy atom. The number of para-hydroxylation sites is 1. The smallest absolute Gasteiger partial charge is 0.319 e. The Bertz CT molecular complexity index is 855. The number of hydrogen-bond donors (Lipinski definition) is 2. The highest BCUT2D eigenvalue weighted by Gasteiger charge is 2.29. The van der Waals surface area contributed by atoms with Gasteiger partial charge >= 0.3 is 5.69 Å². The maximum atomic E-state index is 12.1. The summed E-state index contributed by atoms with van der Waals surface area (Å²) >= 11 is 1.12. The van der Waals surface area contributed by atoms with Crippen LogP contribution in [0.2, 0.25) is 0 Å². The number of benzene rings is 1. The number of aromatic amines is 1. The lowest BCUT2D eigenvalue weighted by atomic mass is 10.1. The van der Waals surface area contributed by atoms with Gasteiger partial charge in [0.25, 0.3) is 5.69 Å². The molecule has 1 aromatic heterocycles. The number of anilines is 1. The van der Waals surface area contributed by atoms with Gasteiger partial charge in [0.15, 0.2) is 5.16 Å². The topological polar surface area (TPSA) is 123 Å². The van der Waals surface area contributed by atoms with Gasteiger partial charge in [0.05, 0.1) is 10.7 Å². The lowest BCUT2D eigenvalue weighted by Crippen LogP contribution is -2.18. The van der Waals surface area contributed by atoms with Crippen LogP contribution in [0.4, 0.5) is 11.4 Å². The van der Waals surface area contributed by atoms with Gasteiger partial charge in [-0.2, -0.15) is 0 Å². The second-order valence-electron chi connectivity index (χ2n) is 5.48. The molecule has 126 valence electrons. The van der Waals surface area contributed by atoms with Crippen molar-refractivity contribution in [3.63, 3.8) is 0 Å². The molecular weight excluding hydrogens is 334 g/mol. The number of aryl methyl sites for hydroxylation is 1. The van der Waals surface area contributed by atoms with Crippen molar-refractivity contribution in [3.05, 3.63) is 44.4 Å². The third-order valence-electron chi connectivity index (χ3n) is 3.63. The molecule has 10 heteroatoms. The minimum Gasteiger partial charge on any atom is -0.319 e. The zero-order chi connectivity index (χ0) is 17.3. The molecule has 1 amide bonds. The quantitative estimate of drug-likeness (QED) is 0.466. The van der Waals surface area contributed by atoms with E-state index in [9.17, 15) is 19.7 Å². The van der Waals surface area contributed by atoms with Crippen molar-refractivity contribution in [2.24, 2.45) is 0 Å². The van der Waals surface area contributed by atoms with Gasteiger partial charge in [0, 0.05) is 12.1 Å². The van der Waals surface area contributed by atoms with Crippen LogP contribution in [-0.4, -0.2) is 31.3 Å². The molecule has 0 radical (unpaired) electrons. The zero-order valence-corrected chi connectivity index (χ0v) is 13.6. The third-order valence-corrected chi connectivity index (χ3v) is 4.58. The molecule has 0 aliphatic heterocycles. The molecular formula is C14H15N5O4S. The normalized spacial score (nSPS) is 13.7. The maximum Gasteiger partial charge on any atom is 0.344 e. The average molecular weight is 349 g/mol. The molecule has 2 N–H and O–H groups in total. The van der Waals surface area contributed by atoms with E-state index in [1.54, 1.807) is 23.6 Å². The number of hydrogen-bond acceptors (Lipinski definition) is 6. The van der Waals surface area contributed by atoms with Gasteiger partial charge in [-0.3, -0.25) is 19.5 Å². The Balaban J connectivity index is 1.69. The van der Waals surface area contributed by atoms with Crippen LogP contribution in [0.5, 0.6) is 0 Å². The number of nitrogens with zero attached hydrogens (tertiary/aromatic N) is 3. The lowest BCUT2D eigenvalue weighted by molar-refractivity contribution is -0.384. The number of nitro benzene ring substituents is 1. The van der Waals surface area contributed by atoms with Crippen LogP contribution < -0.4 is 11.0 Å². The summed E-state index contributed by atoms with van der Waals surface area (Å²) in [4.78, 5) is 34.3. The van der Waals surface area contributed by atoms with Crippen LogP contribution >= 0.6 is 11.8 Å². The van der Waals surface area contributed by atoms with E-state index in [2.05, 4.69) is 15.5 Å². The largest absolute Gasteiger partial charge is 0.344 e. The molecule has 0 saturated heterocycles. The number of rotatable bonds is 6. The second kappa shape index (κ2) is 6.48. The van der Waals surface area contributed by atoms with Crippen molar-refractivity contribution in [3.8, 4) is 0 Å². The number of aromatic nitrogens is 3. The number of nitro groups is 1. The SMILES string of the molecule is Cc1cccc([N+](=O)[O-])c1NC(=O)CSc1n[nH]c(=O)n1C1CC1. The number of nitrogens with one attached hydrogen (secondary N) is 2. The summed E-state index contributed by atoms with van der Waals surface area (Å²) < 4.78 is 1.55. The Labute approximate surface area is 140 Å². The summed E-state index contributed by atoms with van der Waals surface area (Å²) in [5.41, 5.74) is 0.366. The van der Waals surface area contributed by atoms with Gasteiger partial charge in [-0.05, 0) is 25.3 Å². The van der Waals surface area contributed by atoms with Crippen molar-refractivity contribution in [2.45, 2.75) is 31.0 Å². The first kappa shape index (κ1) is 16.2. The lowest BCUT2D eigenvalue weighted by Gasteiger charge is -2.08. The van der Waals surface area contributed by atoms with E-state index in [1.807, 2.05) is 0 Å². The zero-order valence-electron chi connectivity index (χ0n) is 12.8. The monoisotopic (exact) mass is 349 g/mol. The van der Waals surface area contributed by atoms with Crippen LogP contribution in [-0.2, 0) is 4.79 Å². The number of thioether (sulfide) groups is 1. The number of amides is 1. The molecule has 0 unspecified atom stereocenters. The molecule has 2 aromatic rings. The molecule has 1 aliphatic rings. The molecule has 0 spiro atoms. The first-order chi connectivity index (χ1) is 11.5. The number of H-pyrrole nitrogens is 1. The molecule has 0 atom stereocenters. The summed E-state index contributed by atoms with van der Waals surface area (Å²) in [6.45, 7) is 1.69. The van der Waals surface area contributed by atoms with Gasteiger partial charge in [0.2, 0.25) is 5.91 Å². The third kappa shape index (κ3) is 3.32. The average Bonchev–Trinajstić information content (AvgIpc) is 3.30. The van der Waals surface area contributed by atoms with Crippen molar-refractivity contribution in [1.29, 1.82) is 0 Å². The standard InChI is InChI=1S/C14H15N5O4S/c1-8-3-2-4-10(19(22)23)12(8)15-11(20)7-24-14-17-16-13(21)18(14)9-5-6-9/h2-4,9H,5-7H2,1H3,(H,15,20)(H,16,21). The summed E-state index contributed by atoms with van der Waals surface area (Å²) in [6, 6.07) is 4.75. The van der Waals surface area contributed by atoms with Crippen LogP contribution in [0.3, 0.4) is 0 Å². The number of carbonyl (C=O) groups excluding carboxylic acids is 1. The number of carbonyl (C=O) groups is 1. The molecule has 1 aromatic carbocycles. The summed E-state index contributed by atoms with van der Waals surface area (Å²) in [5, 5.41) is 20.4. The molecule has 0 bridgehead atoms. The molecule has 1 fully saturated rings. The van der Waals surface area contributed by atoms with E-state index in [4.69, 9.17) is 0 Å². The molecule has 3 rings (SSSR count). The van der Waals surface area contributed by atoms with Crippen molar-refractivity contribution < 1.29 is 9.72 Å². The fourth-order valence-corrected chi connectivity index (χ4v) is 3.13. The van der Waals surface area contributed by atoms with Gasteiger partial charge in [-0.25, -0.2) is 9.89 Å². The van der Waals surface area contributed by atoms with Crippen LogP contribution in [0, 0.1) is 17.0 Å². The van der Waals surface area contributed by atoms with Gasteiger partial charge in [-0.1, -0.05) is 23.9 Å². The van der Waals surface area contributed by atoms with Crippen molar-refractivity contribution in [1.82, 2.24) is 14.8 Å². The Morgan fingerprint density at radius 1 is 1.54 bits per heavy atom.